The second-order valence-corrected chi connectivity index (χ2v) is 3.28. The summed E-state index contributed by atoms with van der Waals surface area (Å²) in [6, 6.07) is 0. The van der Waals surface area contributed by atoms with Crippen LogP contribution in [0.1, 0.15) is 27.7 Å². The second kappa shape index (κ2) is 5.69. The van der Waals surface area contributed by atoms with Crippen LogP contribution in [0.4, 0.5) is 0 Å². The van der Waals surface area contributed by atoms with Gasteiger partial charge in [0.15, 0.2) is 16.8 Å². The second-order valence-electron chi connectivity index (χ2n) is 2.99. The number of ether oxygens (including phenoxy) is 2. The van der Waals surface area contributed by atoms with E-state index in [4.69, 9.17) is 13.9 Å². The largest absolute Gasteiger partial charge is 0.415 e. The normalized spacial score (nSPS) is 12.5. The summed E-state index contributed by atoms with van der Waals surface area (Å²) in [5, 5.41) is 0. The Kier molecular flexibility index (Phi) is 5.74. The van der Waals surface area contributed by atoms with Gasteiger partial charge in [-0.25, -0.2) is 0 Å². The van der Waals surface area contributed by atoms with E-state index in [1.807, 2.05) is 27.7 Å². The smallest absolute Gasteiger partial charge is 0.184 e. The third-order valence-electron chi connectivity index (χ3n) is 1.58. The van der Waals surface area contributed by atoms with E-state index >= 15 is 0 Å². The van der Waals surface area contributed by atoms with Gasteiger partial charge in [-0.1, -0.05) is 0 Å². The molecule has 0 heterocycles. The molecule has 0 aromatic rings. The van der Waals surface area contributed by atoms with Crippen molar-refractivity contribution in [3.05, 3.63) is 0 Å². The molecule has 0 saturated heterocycles. The number of hydrogen-bond acceptors (Lipinski definition) is 3. The van der Waals surface area contributed by atoms with Crippen LogP contribution in [0.15, 0.2) is 0 Å². The minimum atomic E-state index is -0.371. The first-order valence-electron chi connectivity index (χ1n) is 4.24. The molecule has 0 rings (SSSR count). The first-order valence-corrected chi connectivity index (χ1v) is 4.82. The van der Waals surface area contributed by atoms with Crippen LogP contribution in [0.5, 0.6) is 0 Å². The zero-order valence-corrected chi connectivity index (χ0v) is 9.84. The van der Waals surface area contributed by atoms with Crippen LogP contribution in [0, 0.1) is 0 Å². The first-order chi connectivity index (χ1) is 5.58. The molecule has 0 saturated carbocycles. The molecule has 0 aromatic heterocycles. The standard InChI is InChI=1S/C8H19O3Si/c1-5-9-7(10-6-2)8(3,4)11-12/h7H,5-6,12H2,1-4H3. The van der Waals surface area contributed by atoms with Crippen LogP contribution >= 0.6 is 0 Å². The molecule has 12 heavy (non-hydrogen) atoms. The molecule has 0 bridgehead atoms. The number of rotatable bonds is 6. The van der Waals surface area contributed by atoms with Gasteiger partial charge in [0.1, 0.15) is 5.60 Å². The highest BCUT2D eigenvalue weighted by Gasteiger charge is 2.29. The van der Waals surface area contributed by atoms with E-state index in [0.717, 1.165) is 0 Å². The van der Waals surface area contributed by atoms with E-state index in [1.165, 1.54) is 10.5 Å². The van der Waals surface area contributed by atoms with Crippen molar-refractivity contribution in [1.82, 2.24) is 0 Å². The lowest BCUT2D eigenvalue weighted by Gasteiger charge is -2.32. The molecule has 0 fully saturated rings. The topological polar surface area (TPSA) is 27.7 Å². The molecule has 0 aliphatic carbocycles. The molecule has 0 atom stereocenters. The summed E-state index contributed by atoms with van der Waals surface area (Å²) in [6.45, 7) is 9.08. The molecule has 1 radical (unpaired) electrons. The lowest BCUT2D eigenvalue weighted by Crippen LogP contribution is -2.42. The minimum Gasteiger partial charge on any atom is -0.415 e. The SMILES string of the molecule is CCOC(OCC)C(C)(C)O[SiH2]. The third-order valence-corrected chi connectivity index (χ3v) is 2.32. The molecule has 73 valence electrons. The average Bonchev–Trinajstić information content (AvgIpc) is 2.04. The van der Waals surface area contributed by atoms with Crippen LogP contribution in [0.2, 0.25) is 0 Å². The first kappa shape index (κ1) is 12.1. The monoisotopic (exact) mass is 191 g/mol. The Morgan fingerprint density at radius 2 is 1.58 bits per heavy atom. The summed E-state index contributed by atoms with van der Waals surface area (Å²) in [4.78, 5) is 0. The predicted molar refractivity (Wildman–Crippen MR) is 50.7 cm³/mol. The lowest BCUT2D eigenvalue weighted by atomic mass is 10.1. The van der Waals surface area contributed by atoms with Crippen molar-refractivity contribution in [2.24, 2.45) is 0 Å². The summed E-state index contributed by atoms with van der Waals surface area (Å²) < 4.78 is 16.1. The maximum Gasteiger partial charge on any atom is 0.184 e. The molecular weight excluding hydrogens is 172 g/mol. The van der Waals surface area contributed by atoms with Crippen molar-refractivity contribution in [3.63, 3.8) is 0 Å². The quantitative estimate of drug-likeness (QED) is 0.457. The Balaban J connectivity index is 4.07. The van der Waals surface area contributed by atoms with E-state index in [-0.39, 0.29) is 11.9 Å². The highest BCUT2D eigenvalue weighted by molar-refractivity contribution is 5.98. The average molecular weight is 191 g/mol. The molecule has 0 aromatic carbocycles. The minimum absolute atomic E-state index is 0.273. The summed E-state index contributed by atoms with van der Waals surface area (Å²) in [5.41, 5.74) is -0.371. The molecule has 0 aliphatic rings. The molecule has 0 aliphatic heterocycles. The predicted octanol–water partition coefficient (Wildman–Crippen LogP) is 0.729. The maximum absolute atomic E-state index is 5.40. The molecule has 3 nitrogen and oxygen atoms in total. The summed E-state index contributed by atoms with van der Waals surface area (Å²) in [7, 11) is 1.47. The van der Waals surface area contributed by atoms with E-state index in [0.29, 0.717) is 13.2 Å². The van der Waals surface area contributed by atoms with Crippen LogP contribution in [-0.4, -0.2) is 35.6 Å². The highest BCUT2D eigenvalue weighted by Crippen LogP contribution is 2.17. The zero-order valence-electron chi connectivity index (χ0n) is 8.42. The maximum atomic E-state index is 5.40. The van der Waals surface area contributed by atoms with Crippen molar-refractivity contribution in [2.45, 2.75) is 39.6 Å². The van der Waals surface area contributed by atoms with Crippen molar-refractivity contribution in [1.29, 1.82) is 0 Å². The van der Waals surface area contributed by atoms with Gasteiger partial charge < -0.3 is 13.9 Å². The van der Waals surface area contributed by atoms with Gasteiger partial charge in [-0.15, -0.1) is 0 Å². The van der Waals surface area contributed by atoms with Crippen LogP contribution in [0.3, 0.4) is 0 Å². The summed E-state index contributed by atoms with van der Waals surface area (Å²) in [6.07, 6.45) is -0.273. The van der Waals surface area contributed by atoms with Crippen molar-refractivity contribution in [2.75, 3.05) is 13.2 Å². The number of hydrogen-bond donors (Lipinski definition) is 0. The molecule has 0 spiro atoms. The van der Waals surface area contributed by atoms with E-state index in [1.54, 1.807) is 0 Å². The fraction of sp³-hybridized carbons (Fsp3) is 1.00. The van der Waals surface area contributed by atoms with Crippen molar-refractivity contribution >= 4 is 10.5 Å². The van der Waals surface area contributed by atoms with Gasteiger partial charge in [-0.05, 0) is 27.7 Å². The zero-order chi connectivity index (χ0) is 9.61. The third kappa shape index (κ3) is 3.67. The Hall–Kier alpha value is 0.0969. The van der Waals surface area contributed by atoms with Gasteiger partial charge in [0, 0.05) is 13.2 Å². The molecular formula is C8H19O3Si. The van der Waals surface area contributed by atoms with E-state index in [9.17, 15) is 0 Å². The fourth-order valence-electron chi connectivity index (χ4n) is 0.820. The Labute approximate surface area is 77.9 Å². The van der Waals surface area contributed by atoms with Gasteiger partial charge in [0.2, 0.25) is 0 Å². The van der Waals surface area contributed by atoms with Gasteiger partial charge in [0.25, 0.3) is 0 Å². The van der Waals surface area contributed by atoms with Gasteiger partial charge in [-0.2, -0.15) is 0 Å². The van der Waals surface area contributed by atoms with Crippen LogP contribution in [0.25, 0.3) is 0 Å². The molecule has 0 N–H and O–H groups in total. The van der Waals surface area contributed by atoms with Gasteiger partial charge >= 0.3 is 0 Å². The van der Waals surface area contributed by atoms with Crippen molar-refractivity contribution in [3.8, 4) is 0 Å². The highest BCUT2D eigenvalue weighted by atomic mass is 28.2. The summed E-state index contributed by atoms with van der Waals surface area (Å²) >= 11 is 0. The molecule has 0 amide bonds. The van der Waals surface area contributed by atoms with Gasteiger partial charge in [0.05, 0.1) is 0 Å². The fourth-order valence-corrected chi connectivity index (χ4v) is 0.956. The van der Waals surface area contributed by atoms with Crippen molar-refractivity contribution < 1.29 is 13.9 Å². The van der Waals surface area contributed by atoms with E-state index < -0.39 is 0 Å². The lowest BCUT2D eigenvalue weighted by molar-refractivity contribution is -0.212. The van der Waals surface area contributed by atoms with Gasteiger partial charge in [-0.3, -0.25) is 0 Å². The Morgan fingerprint density at radius 3 is 1.83 bits per heavy atom. The van der Waals surface area contributed by atoms with Crippen LogP contribution in [-0.2, 0) is 13.9 Å². The Bertz CT molecular complexity index is 111. The summed E-state index contributed by atoms with van der Waals surface area (Å²) in [5.74, 6) is 0. The van der Waals surface area contributed by atoms with Crippen LogP contribution < -0.4 is 0 Å². The van der Waals surface area contributed by atoms with E-state index in [2.05, 4.69) is 0 Å². The molecule has 0 unspecified atom stereocenters. The molecule has 4 heteroatoms. The Morgan fingerprint density at radius 1 is 1.17 bits per heavy atom.